The number of nitrogens with zero attached hydrogens (tertiary/aromatic N) is 3. The number of ether oxygens (including phenoxy) is 1. The number of rotatable bonds is 6. The third kappa shape index (κ3) is 6.26. The van der Waals surface area contributed by atoms with Gasteiger partial charge in [0, 0.05) is 38.8 Å². The standard InChI is InChI=1S/C18H25N5O2.HI/c1-19-18(20-7-8-23-9-11-24-12-10-23)22-14-17-21-13-16(25-17)15-5-3-2-4-6-15;/h2-6,13H,7-12,14H2,1H3,(H2,19,20,22);1H. The van der Waals surface area contributed by atoms with Crippen molar-refractivity contribution in [2.75, 3.05) is 46.4 Å². The van der Waals surface area contributed by atoms with E-state index < -0.39 is 0 Å². The summed E-state index contributed by atoms with van der Waals surface area (Å²) in [6, 6.07) is 9.95. The van der Waals surface area contributed by atoms with Crippen LogP contribution < -0.4 is 10.6 Å². The second-order valence-corrected chi connectivity index (χ2v) is 5.79. The van der Waals surface area contributed by atoms with E-state index in [9.17, 15) is 0 Å². The molecule has 2 N–H and O–H groups in total. The van der Waals surface area contributed by atoms with Gasteiger partial charge in [-0.05, 0) is 0 Å². The van der Waals surface area contributed by atoms with Gasteiger partial charge in [-0.25, -0.2) is 4.98 Å². The lowest BCUT2D eigenvalue weighted by molar-refractivity contribution is 0.0389. The highest BCUT2D eigenvalue weighted by Gasteiger charge is 2.10. The van der Waals surface area contributed by atoms with Crippen LogP contribution in [-0.4, -0.2) is 62.3 Å². The molecule has 0 amide bonds. The van der Waals surface area contributed by atoms with Crippen molar-refractivity contribution in [3.8, 4) is 11.3 Å². The fourth-order valence-electron chi connectivity index (χ4n) is 2.66. The third-order valence-electron chi connectivity index (χ3n) is 4.07. The first-order chi connectivity index (χ1) is 12.3. The number of morpholine rings is 1. The van der Waals surface area contributed by atoms with E-state index in [1.807, 2.05) is 30.3 Å². The Kier molecular flexibility index (Phi) is 8.86. The van der Waals surface area contributed by atoms with Gasteiger partial charge >= 0.3 is 0 Å². The summed E-state index contributed by atoms with van der Waals surface area (Å²) in [6.45, 7) is 5.92. The molecule has 7 nitrogen and oxygen atoms in total. The van der Waals surface area contributed by atoms with Crippen molar-refractivity contribution < 1.29 is 9.15 Å². The molecule has 2 heterocycles. The molecule has 0 unspecified atom stereocenters. The second kappa shape index (κ2) is 11.1. The van der Waals surface area contributed by atoms with E-state index in [4.69, 9.17) is 9.15 Å². The topological polar surface area (TPSA) is 74.9 Å². The van der Waals surface area contributed by atoms with Gasteiger partial charge in [0.05, 0.1) is 26.0 Å². The van der Waals surface area contributed by atoms with Gasteiger partial charge in [0.25, 0.3) is 0 Å². The summed E-state index contributed by atoms with van der Waals surface area (Å²) in [5.74, 6) is 2.15. The number of benzene rings is 1. The van der Waals surface area contributed by atoms with E-state index in [0.717, 1.165) is 56.7 Å². The zero-order chi connectivity index (χ0) is 17.3. The Hall–Kier alpha value is -1.65. The van der Waals surface area contributed by atoms with Crippen LogP contribution in [0.4, 0.5) is 0 Å². The van der Waals surface area contributed by atoms with Crippen LogP contribution in [0, 0.1) is 0 Å². The van der Waals surface area contributed by atoms with Crippen LogP contribution in [0.2, 0.25) is 0 Å². The van der Waals surface area contributed by atoms with Gasteiger partial charge in [0.1, 0.15) is 0 Å². The van der Waals surface area contributed by atoms with Gasteiger partial charge in [0.15, 0.2) is 11.7 Å². The highest BCUT2D eigenvalue weighted by molar-refractivity contribution is 14.0. The van der Waals surface area contributed by atoms with Gasteiger partial charge < -0.3 is 19.8 Å². The SMILES string of the molecule is CN=C(NCCN1CCOCC1)NCc1ncc(-c2ccccc2)o1.I. The summed E-state index contributed by atoms with van der Waals surface area (Å²) in [4.78, 5) is 10.9. The number of halogens is 1. The molecule has 3 rings (SSSR count). The average molecular weight is 471 g/mol. The highest BCUT2D eigenvalue weighted by atomic mass is 127. The van der Waals surface area contributed by atoms with E-state index in [2.05, 4.69) is 25.5 Å². The molecule has 26 heavy (non-hydrogen) atoms. The fourth-order valence-corrected chi connectivity index (χ4v) is 2.66. The molecule has 0 saturated carbocycles. The van der Waals surface area contributed by atoms with Crippen LogP contribution in [-0.2, 0) is 11.3 Å². The Morgan fingerprint density at radius 3 is 2.69 bits per heavy atom. The molecule has 0 radical (unpaired) electrons. The second-order valence-electron chi connectivity index (χ2n) is 5.79. The van der Waals surface area contributed by atoms with E-state index in [1.165, 1.54) is 0 Å². The molecule has 142 valence electrons. The molecule has 1 aromatic heterocycles. The molecule has 0 spiro atoms. The number of nitrogens with one attached hydrogen (secondary N) is 2. The van der Waals surface area contributed by atoms with Crippen molar-refractivity contribution in [3.05, 3.63) is 42.4 Å². The van der Waals surface area contributed by atoms with Crippen molar-refractivity contribution in [2.24, 2.45) is 4.99 Å². The molecule has 1 aliphatic heterocycles. The van der Waals surface area contributed by atoms with Crippen molar-refractivity contribution in [1.29, 1.82) is 0 Å². The Bertz CT molecular complexity index is 671. The number of aliphatic imine (C=N–C) groups is 1. The van der Waals surface area contributed by atoms with Gasteiger partial charge in [0.2, 0.25) is 5.89 Å². The maximum atomic E-state index is 5.79. The van der Waals surface area contributed by atoms with E-state index in [0.29, 0.717) is 12.4 Å². The lowest BCUT2D eigenvalue weighted by Gasteiger charge is -2.26. The summed E-state index contributed by atoms with van der Waals surface area (Å²) in [5, 5.41) is 6.54. The smallest absolute Gasteiger partial charge is 0.214 e. The molecule has 1 aliphatic rings. The number of hydrogen-bond donors (Lipinski definition) is 2. The lowest BCUT2D eigenvalue weighted by Crippen LogP contribution is -2.44. The largest absolute Gasteiger partial charge is 0.439 e. The van der Waals surface area contributed by atoms with Crippen LogP contribution in [0.25, 0.3) is 11.3 Å². The molecular weight excluding hydrogens is 445 g/mol. The van der Waals surface area contributed by atoms with Crippen LogP contribution in [0.5, 0.6) is 0 Å². The molecule has 0 atom stereocenters. The van der Waals surface area contributed by atoms with Crippen LogP contribution in [0.3, 0.4) is 0 Å². The number of aromatic nitrogens is 1. The first-order valence-electron chi connectivity index (χ1n) is 8.60. The van der Waals surface area contributed by atoms with Crippen LogP contribution >= 0.6 is 24.0 Å². The van der Waals surface area contributed by atoms with Gasteiger partial charge in [-0.2, -0.15) is 0 Å². The lowest BCUT2D eigenvalue weighted by atomic mass is 10.2. The summed E-state index contributed by atoms with van der Waals surface area (Å²) in [6.07, 6.45) is 1.75. The number of oxazole rings is 1. The Labute approximate surface area is 171 Å². The number of hydrogen-bond acceptors (Lipinski definition) is 5. The summed E-state index contributed by atoms with van der Waals surface area (Å²) in [7, 11) is 1.76. The molecule has 8 heteroatoms. The predicted molar refractivity (Wildman–Crippen MR) is 113 cm³/mol. The fraction of sp³-hybridized carbons (Fsp3) is 0.444. The van der Waals surface area contributed by atoms with E-state index in [1.54, 1.807) is 13.2 Å². The molecule has 1 saturated heterocycles. The minimum atomic E-state index is 0. The third-order valence-corrected chi connectivity index (χ3v) is 4.07. The van der Waals surface area contributed by atoms with Crippen molar-refractivity contribution in [3.63, 3.8) is 0 Å². The summed E-state index contributed by atoms with van der Waals surface area (Å²) >= 11 is 0. The Balaban J connectivity index is 0.00000243. The minimum absolute atomic E-state index is 0. The molecule has 2 aromatic rings. The van der Waals surface area contributed by atoms with E-state index >= 15 is 0 Å². The van der Waals surface area contributed by atoms with Gasteiger partial charge in [-0.1, -0.05) is 30.3 Å². The molecular formula is C18H26IN5O2. The maximum absolute atomic E-state index is 5.79. The first kappa shape index (κ1) is 20.7. The zero-order valence-electron chi connectivity index (χ0n) is 15.0. The summed E-state index contributed by atoms with van der Waals surface area (Å²) in [5.41, 5.74) is 1.02. The monoisotopic (exact) mass is 471 g/mol. The molecule has 0 aliphatic carbocycles. The number of guanidine groups is 1. The predicted octanol–water partition coefficient (Wildman–Crippen LogP) is 1.96. The molecule has 1 aromatic carbocycles. The van der Waals surface area contributed by atoms with Crippen molar-refractivity contribution in [2.45, 2.75) is 6.54 Å². The normalized spacial score (nSPS) is 15.3. The van der Waals surface area contributed by atoms with Gasteiger partial charge in [-0.3, -0.25) is 9.89 Å². The maximum Gasteiger partial charge on any atom is 0.214 e. The van der Waals surface area contributed by atoms with Crippen LogP contribution in [0.15, 0.2) is 45.9 Å². The van der Waals surface area contributed by atoms with Gasteiger partial charge in [-0.15, -0.1) is 24.0 Å². The van der Waals surface area contributed by atoms with E-state index in [-0.39, 0.29) is 24.0 Å². The zero-order valence-corrected chi connectivity index (χ0v) is 17.3. The Morgan fingerprint density at radius 2 is 1.96 bits per heavy atom. The molecule has 1 fully saturated rings. The van der Waals surface area contributed by atoms with Crippen LogP contribution in [0.1, 0.15) is 5.89 Å². The highest BCUT2D eigenvalue weighted by Crippen LogP contribution is 2.19. The quantitative estimate of drug-likeness (QED) is 0.381. The first-order valence-corrected chi connectivity index (χ1v) is 8.60. The molecule has 0 bridgehead atoms. The Morgan fingerprint density at radius 1 is 1.19 bits per heavy atom. The minimum Gasteiger partial charge on any atom is -0.439 e. The van der Waals surface area contributed by atoms with Crippen molar-refractivity contribution in [1.82, 2.24) is 20.5 Å². The van der Waals surface area contributed by atoms with Crippen molar-refractivity contribution >= 4 is 29.9 Å². The average Bonchev–Trinajstić information content (AvgIpc) is 3.15. The summed E-state index contributed by atoms with van der Waals surface area (Å²) < 4.78 is 11.1.